The van der Waals surface area contributed by atoms with E-state index in [4.69, 9.17) is 16.3 Å². The highest BCUT2D eigenvalue weighted by atomic mass is 35.5. The molecule has 0 bridgehead atoms. The lowest BCUT2D eigenvalue weighted by Crippen LogP contribution is -2.09. The maximum Gasteiger partial charge on any atom is 0.244 e. The molecule has 3 rings (SSSR count). The summed E-state index contributed by atoms with van der Waals surface area (Å²) < 4.78 is 5.32. The van der Waals surface area contributed by atoms with Crippen LogP contribution in [0.15, 0.2) is 54.7 Å². The summed E-state index contributed by atoms with van der Waals surface area (Å²) in [5.74, 6) is 1.68. The summed E-state index contributed by atoms with van der Waals surface area (Å²) in [6.45, 7) is 0.718. The van der Waals surface area contributed by atoms with Gasteiger partial charge in [-0.25, -0.2) is 0 Å². The number of hydrogen-bond donors (Lipinski definition) is 2. The number of nitrogens with zero attached hydrogens (tertiary/aromatic N) is 3. The molecule has 0 saturated carbocycles. The van der Waals surface area contributed by atoms with Gasteiger partial charge in [0.1, 0.15) is 5.75 Å². The predicted molar refractivity (Wildman–Crippen MR) is 99.7 cm³/mol. The summed E-state index contributed by atoms with van der Waals surface area (Å²) in [5, 5.41) is 14.9. The monoisotopic (exact) mass is 355 g/mol. The van der Waals surface area contributed by atoms with Crippen molar-refractivity contribution in [3.63, 3.8) is 0 Å². The number of hydrogen-bond acceptors (Lipinski definition) is 6. The molecule has 0 aliphatic carbocycles. The largest absolute Gasteiger partial charge is 0.495 e. The Morgan fingerprint density at radius 1 is 1.12 bits per heavy atom. The Balaban J connectivity index is 1.64. The first kappa shape index (κ1) is 17.0. The molecule has 0 saturated heterocycles. The molecule has 7 heteroatoms. The highest BCUT2D eigenvalue weighted by Gasteiger charge is 2.07. The molecule has 0 radical (unpaired) electrons. The fraction of sp³-hybridized carbons (Fsp3) is 0.167. The molecule has 0 amide bonds. The fourth-order valence-corrected chi connectivity index (χ4v) is 2.49. The van der Waals surface area contributed by atoms with Gasteiger partial charge in [0.05, 0.1) is 19.0 Å². The first-order valence-electron chi connectivity index (χ1n) is 7.82. The molecule has 0 fully saturated rings. The Hall–Kier alpha value is -2.86. The molecule has 0 aliphatic rings. The van der Waals surface area contributed by atoms with Gasteiger partial charge in [0.25, 0.3) is 0 Å². The second-order valence-corrected chi connectivity index (χ2v) is 5.73. The van der Waals surface area contributed by atoms with Gasteiger partial charge in [-0.15, -0.1) is 5.10 Å². The van der Waals surface area contributed by atoms with Gasteiger partial charge >= 0.3 is 0 Å². The van der Waals surface area contributed by atoms with E-state index in [1.165, 1.54) is 5.56 Å². The number of rotatable bonds is 7. The lowest BCUT2D eigenvalue weighted by Gasteiger charge is -2.11. The van der Waals surface area contributed by atoms with Crippen LogP contribution in [0.2, 0.25) is 5.02 Å². The van der Waals surface area contributed by atoms with Crippen molar-refractivity contribution in [2.45, 2.75) is 6.42 Å². The smallest absolute Gasteiger partial charge is 0.244 e. The van der Waals surface area contributed by atoms with Crippen LogP contribution in [0.4, 0.5) is 17.5 Å². The van der Waals surface area contributed by atoms with Crippen LogP contribution in [0.25, 0.3) is 0 Å². The van der Waals surface area contributed by atoms with Crippen molar-refractivity contribution in [1.29, 1.82) is 0 Å². The summed E-state index contributed by atoms with van der Waals surface area (Å²) in [6.07, 6.45) is 2.42. The maximum atomic E-state index is 6.04. The molecule has 1 heterocycles. The molecule has 1 aromatic heterocycles. The normalized spacial score (nSPS) is 10.3. The van der Waals surface area contributed by atoms with E-state index in [2.05, 4.69) is 37.9 Å². The van der Waals surface area contributed by atoms with E-state index in [1.54, 1.807) is 31.5 Å². The van der Waals surface area contributed by atoms with Gasteiger partial charge < -0.3 is 15.4 Å². The third kappa shape index (κ3) is 4.81. The van der Waals surface area contributed by atoms with E-state index in [0.717, 1.165) is 13.0 Å². The number of aromatic nitrogens is 3. The van der Waals surface area contributed by atoms with Gasteiger partial charge in [0.15, 0.2) is 5.82 Å². The topological polar surface area (TPSA) is 72.0 Å². The Labute approximate surface area is 151 Å². The third-order valence-electron chi connectivity index (χ3n) is 3.52. The minimum atomic E-state index is 0.460. The number of ether oxygens (including phenoxy) is 1. The van der Waals surface area contributed by atoms with Crippen LogP contribution in [0.1, 0.15) is 5.56 Å². The van der Waals surface area contributed by atoms with E-state index in [9.17, 15) is 0 Å². The summed E-state index contributed by atoms with van der Waals surface area (Å²) in [6, 6.07) is 15.5. The van der Waals surface area contributed by atoms with Gasteiger partial charge in [0, 0.05) is 11.6 Å². The number of benzene rings is 2. The zero-order valence-corrected chi connectivity index (χ0v) is 14.5. The van der Waals surface area contributed by atoms with Crippen molar-refractivity contribution in [2.75, 3.05) is 24.3 Å². The molecule has 6 nitrogen and oxygen atoms in total. The van der Waals surface area contributed by atoms with Crippen molar-refractivity contribution < 1.29 is 4.74 Å². The average Bonchev–Trinajstić information content (AvgIpc) is 2.63. The Bertz CT molecular complexity index is 829. The van der Waals surface area contributed by atoms with E-state index < -0.39 is 0 Å². The first-order valence-corrected chi connectivity index (χ1v) is 8.20. The van der Waals surface area contributed by atoms with Crippen LogP contribution in [0.3, 0.4) is 0 Å². The number of nitrogens with one attached hydrogen (secondary N) is 2. The minimum Gasteiger partial charge on any atom is -0.495 e. The number of halogens is 1. The third-order valence-corrected chi connectivity index (χ3v) is 3.76. The minimum absolute atomic E-state index is 0.460. The summed E-state index contributed by atoms with van der Waals surface area (Å²) in [4.78, 5) is 4.41. The van der Waals surface area contributed by atoms with Crippen molar-refractivity contribution in [1.82, 2.24) is 15.2 Å². The molecule has 3 aromatic rings. The lowest BCUT2D eigenvalue weighted by molar-refractivity contribution is 0.417. The van der Waals surface area contributed by atoms with Crippen molar-refractivity contribution in [2.24, 2.45) is 0 Å². The molecular weight excluding hydrogens is 338 g/mol. The van der Waals surface area contributed by atoms with Crippen molar-refractivity contribution >= 4 is 29.1 Å². The molecule has 0 spiro atoms. The zero-order valence-electron chi connectivity index (χ0n) is 13.7. The second-order valence-electron chi connectivity index (χ2n) is 5.30. The number of anilines is 3. The molecule has 2 aromatic carbocycles. The Morgan fingerprint density at radius 2 is 1.96 bits per heavy atom. The molecule has 128 valence electrons. The predicted octanol–water partition coefficient (Wildman–Crippen LogP) is 3.93. The van der Waals surface area contributed by atoms with Crippen LogP contribution in [-0.2, 0) is 6.42 Å². The van der Waals surface area contributed by atoms with Gasteiger partial charge in [-0.05, 0) is 30.2 Å². The molecule has 0 atom stereocenters. The molecule has 25 heavy (non-hydrogen) atoms. The summed E-state index contributed by atoms with van der Waals surface area (Å²) >= 11 is 6.04. The van der Waals surface area contributed by atoms with E-state index in [1.807, 2.05) is 18.2 Å². The SMILES string of the molecule is COc1ccc(Cl)cc1Nc1cnnc(NCCc2ccccc2)n1. The number of methoxy groups -OCH3 is 1. The standard InChI is InChI=1S/C18H18ClN5O/c1-25-16-8-7-14(19)11-15(16)22-17-12-21-24-18(23-17)20-10-9-13-5-3-2-4-6-13/h2-8,11-12H,9-10H2,1H3,(H2,20,22,23,24). The van der Waals surface area contributed by atoms with E-state index in [-0.39, 0.29) is 0 Å². The Morgan fingerprint density at radius 3 is 2.76 bits per heavy atom. The van der Waals surface area contributed by atoms with Crippen LogP contribution in [0, 0.1) is 0 Å². The van der Waals surface area contributed by atoms with Crippen molar-refractivity contribution in [3.8, 4) is 5.75 Å². The molecule has 0 aliphatic heterocycles. The zero-order chi connectivity index (χ0) is 17.5. The van der Waals surface area contributed by atoms with Crippen LogP contribution >= 0.6 is 11.6 Å². The highest BCUT2D eigenvalue weighted by molar-refractivity contribution is 6.31. The average molecular weight is 356 g/mol. The van der Waals surface area contributed by atoms with Crippen LogP contribution in [-0.4, -0.2) is 28.8 Å². The summed E-state index contributed by atoms with van der Waals surface area (Å²) in [7, 11) is 1.60. The van der Waals surface area contributed by atoms with Gasteiger partial charge in [-0.3, -0.25) is 0 Å². The Kier molecular flexibility index (Phi) is 5.64. The van der Waals surface area contributed by atoms with E-state index in [0.29, 0.717) is 28.2 Å². The first-order chi connectivity index (χ1) is 12.2. The fourth-order valence-electron chi connectivity index (χ4n) is 2.32. The summed E-state index contributed by atoms with van der Waals surface area (Å²) in [5.41, 5.74) is 1.96. The quantitative estimate of drug-likeness (QED) is 0.669. The second kappa shape index (κ2) is 8.30. The van der Waals surface area contributed by atoms with Gasteiger partial charge in [-0.1, -0.05) is 41.9 Å². The van der Waals surface area contributed by atoms with Crippen LogP contribution < -0.4 is 15.4 Å². The van der Waals surface area contributed by atoms with Crippen molar-refractivity contribution in [3.05, 3.63) is 65.3 Å². The van der Waals surface area contributed by atoms with Crippen LogP contribution in [0.5, 0.6) is 5.75 Å². The van der Waals surface area contributed by atoms with Gasteiger partial charge in [-0.2, -0.15) is 10.1 Å². The molecule has 0 unspecified atom stereocenters. The highest BCUT2D eigenvalue weighted by Crippen LogP contribution is 2.29. The lowest BCUT2D eigenvalue weighted by atomic mass is 10.1. The van der Waals surface area contributed by atoms with E-state index >= 15 is 0 Å². The molecular formula is C18H18ClN5O. The van der Waals surface area contributed by atoms with Gasteiger partial charge in [0.2, 0.25) is 5.95 Å². The maximum absolute atomic E-state index is 6.04. The molecule has 2 N–H and O–H groups in total.